The van der Waals surface area contributed by atoms with Gasteiger partial charge in [0.05, 0.1) is 11.3 Å². The molecule has 0 saturated carbocycles. The van der Waals surface area contributed by atoms with Crippen LogP contribution in [-0.4, -0.2) is 33.2 Å². The Morgan fingerprint density at radius 3 is 1.79 bits per heavy atom. The number of para-hydroxylation sites is 1. The summed E-state index contributed by atoms with van der Waals surface area (Å²) in [6.07, 6.45) is 3.94. The van der Waals surface area contributed by atoms with E-state index < -0.39 is 0 Å². The Morgan fingerprint density at radius 1 is 0.758 bits per heavy atom. The number of aromatic amines is 1. The Balaban J connectivity index is 1.79. The minimum Gasteiger partial charge on any atom is -0.378 e. The number of allylic oxidation sites excluding steroid dienone is 3. The topological polar surface area (TPSA) is 46.1 Å². The maximum absolute atomic E-state index is 9.87. The Hall–Kier alpha value is -4.23. The van der Waals surface area contributed by atoms with Crippen molar-refractivity contribution >= 4 is 33.4 Å². The molecule has 0 atom stereocenters. The highest BCUT2D eigenvalue weighted by Gasteiger charge is 2.09. The predicted octanol–water partition coefficient (Wildman–Crippen LogP) is 6.34. The molecule has 0 aliphatic heterocycles. The third-order valence-electron chi connectivity index (χ3n) is 5.75. The van der Waals surface area contributed by atoms with Crippen LogP contribution in [0.1, 0.15) is 16.8 Å². The Kier molecular flexibility index (Phi) is 6.33. The lowest BCUT2D eigenvalue weighted by Gasteiger charge is -2.16. The molecule has 0 spiro atoms. The summed E-state index contributed by atoms with van der Waals surface area (Å²) in [6.45, 7) is 0. The maximum Gasteiger partial charge on any atom is 0.101 e. The molecule has 1 heterocycles. The van der Waals surface area contributed by atoms with E-state index in [9.17, 15) is 5.26 Å². The zero-order chi connectivity index (χ0) is 23.4. The number of anilines is 2. The molecule has 0 bridgehead atoms. The highest BCUT2D eigenvalue weighted by molar-refractivity contribution is 5.89. The molecule has 4 heteroatoms. The second-order valence-electron chi connectivity index (χ2n) is 8.43. The lowest BCUT2D eigenvalue weighted by molar-refractivity contribution is 1.13. The van der Waals surface area contributed by atoms with E-state index in [1.54, 1.807) is 0 Å². The maximum atomic E-state index is 9.87. The van der Waals surface area contributed by atoms with Gasteiger partial charge in [0.25, 0.3) is 0 Å². The lowest BCUT2D eigenvalue weighted by Crippen LogP contribution is -2.08. The molecular formula is C29H28N4. The fourth-order valence-corrected chi connectivity index (χ4v) is 3.81. The standard InChI is InChI=1S/C29H28N4/c1-32(2)25-14-9-21(10-15-25)27(22-11-16-26(17-12-22)33(3)4)18-13-24(20-30)29-19-23-7-5-6-8-28(23)31-29/h5-19,31H,1-4H3. The van der Waals surface area contributed by atoms with Crippen LogP contribution in [0.15, 0.2) is 91.0 Å². The predicted molar refractivity (Wildman–Crippen MR) is 141 cm³/mol. The number of rotatable bonds is 6. The fraction of sp³-hybridized carbons (Fsp3) is 0.138. The summed E-state index contributed by atoms with van der Waals surface area (Å²) in [4.78, 5) is 7.53. The number of benzene rings is 3. The van der Waals surface area contributed by atoms with Crippen molar-refractivity contribution in [3.63, 3.8) is 0 Å². The van der Waals surface area contributed by atoms with Gasteiger partial charge >= 0.3 is 0 Å². The van der Waals surface area contributed by atoms with Crippen LogP contribution in [0.5, 0.6) is 0 Å². The zero-order valence-corrected chi connectivity index (χ0v) is 19.5. The summed E-state index contributed by atoms with van der Waals surface area (Å²) in [5.74, 6) is 0. The summed E-state index contributed by atoms with van der Waals surface area (Å²) in [5.41, 5.74) is 8.00. The van der Waals surface area contributed by atoms with E-state index in [2.05, 4.69) is 69.4 Å². The quantitative estimate of drug-likeness (QED) is 0.286. The molecule has 0 radical (unpaired) electrons. The van der Waals surface area contributed by atoms with Gasteiger partial charge in [0.15, 0.2) is 0 Å². The summed E-state index contributed by atoms with van der Waals surface area (Å²) >= 11 is 0. The molecule has 33 heavy (non-hydrogen) atoms. The van der Waals surface area contributed by atoms with E-state index >= 15 is 0 Å². The highest BCUT2D eigenvalue weighted by atomic mass is 15.1. The van der Waals surface area contributed by atoms with Gasteiger partial charge in [-0.05, 0) is 59.2 Å². The van der Waals surface area contributed by atoms with Gasteiger partial charge in [-0.3, -0.25) is 0 Å². The van der Waals surface area contributed by atoms with Crippen LogP contribution < -0.4 is 9.80 Å². The molecule has 0 amide bonds. The molecule has 0 aliphatic rings. The van der Waals surface area contributed by atoms with Crippen LogP contribution in [0.2, 0.25) is 0 Å². The first-order chi connectivity index (χ1) is 16.0. The fourth-order valence-electron chi connectivity index (χ4n) is 3.81. The molecule has 4 rings (SSSR count). The second-order valence-corrected chi connectivity index (χ2v) is 8.43. The Labute approximate surface area is 195 Å². The van der Waals surface area contributed by atoms with Gasteiger partial charge in [-0.1, -0.05) is 48.5 Å². The molecule has 1 aromatic heterocycles. The molecule has 0 unspecified atom stereocenters. The normalized spacial score (nSPS) is 11.2. The smallest absolute Gasteiger partial charge is 0.101 e. The van der Waals surface area contributed by atoms with Crippen molar-refractivity contribution in [2.45, 2.75) is 0 Å². The third-order valence-corrected chi connectivity index (χ3v) is 5.75. The van der Waals surface area contributed by atoms with Crippen molar-refractivity contribution in [1.82, 2.24) is 4.98 Å². The Morgan fingerprint density at radius 2 is 1.30 bits per heavy atom. The van der Waals surface area contributed by atoms with Crippen LogP contribution >= 0.6 is 0 Å². The lowest BCUT2D eigenvalue weighted by atomic mass is 9.96. The van der Waals surface area contributed by atoms with Crippen LogP contribution in [0.3, 0.4) is 0 Å². The number of aromatic nitrogens is 1. The van der Waals surface area contributed by atoms with Crippen molar-refractivity contribution in [1.29, 1.82) is 5.26 Å². The summed E-state index contributed by atoms with van der Waals surface area (Å²) < 4.78 is 0. The van der Waals surface area contributed by atoms with Crippen molar-refractivity contribution in [2.75, 3.05) is 38.0 Å². The average molecular weight is 433 g/mol. The van der Waals surface area contributed by atoms with Gasteiger partial charge in [-0.25, -0.2) is 0 Å². The van der Waals surface area contributed by atoms with Gasteiger partial charge in [0, 0.05) is 50.5 Å². The third kappa shape index (κ3) is 4.83. The number of fused-ring (bicyclic) bond motifs is 1. The number of hydrogen-bond donors (Lipinski definition) is 1. The minimum atomic E-state index is 0.596. The molecule has 4 aromatic rings. The summed E-state index contributed by atoms with van der Waals surface area (Å²) in [6, 6.07) is 29.4. The minimum absolute atomic E-state index is 0.596. The van der Waals surface area contributed by atoms with Crippen molar-refractivity contribution < 1.29 is 0 Å². The van der Waals surface area contributed by atoms with Gasteiger partial charge in [0.1, 0.15) is 6.07 Å². The zero-order valence-electron chi connectivity index (χ0n) is 19.5. The number of nitrogens with one attached hydrogen (secondary N) is 1. The molecule has 0 saturated heterocycles. The number of nitrogens with zero attached hydrogens (tertiary/aromatic N) is 3. The molecule has 1 N–H and O–H groups in total. The van der Waals surface area contributed by atoms with Crippen molar-refractivity contribution in [3.05, 3.63) is 108 Å². The van der Waals surface area contributed by atoms with Crippen LogP contribution in [0, 0.1) is 11.3 Å². The molecule has 0 fully saturated rings. The molecule has 0 aliphatic carbocycles. The van der Waals surface area contributed by atoms with Crippen LogP contribution in [-0.2, 0) is 0 Å². The number of hydrogen-bond acceptors (Lipinski definition) is 3. The second kappa shape index (κ2) is 9.50. The van der Waals surface area contributed by atoms with Gasteiger partial charge < -0.3 is 14.8 Å². The van der Waals surface area contributed by atoms with Crippen molar-refractivity contribution in [3.8, 4) is 6.07 Å². The first-order valence-corrected chi connectivity index (χ1v) is 10.9. The molecule has 164 valence electrons. The first kappa shape index (κ1) is 22.0. The van der Waals surface area contributed by atoms with Crippen molar-refractivity contribution in [2.24, 2.45) is 0 Å². The Bertz CT molecular complexity index is 1260. The van der Waals surface area contributed by atoms with E-state index in [1.165, 1.54) is 0 Å². The summed E-state index contributed by atoms with van der Waals surface area (Å²) in [7, 11) is 8.14. The van der Waals surface area contributed by atoms with E-state index in [0.29, 0.717) is 5.57 Å². The van der Waals surface area contributed by atoms with Gasteiger partial charge in [-0.2, -0.15) is 5.26 Å². The molecule has 3 aromatic carbocycles. The van der Waals surface area contributed by atoms with E-state index in [4.69, 9.17) is 0 Å². The first-order valence-electron chi connectivity index (χ1n) is 10.9. The van der Waals surface area contributed by atoms with Gasteiger partial charge in [-0.15, -0.1) is 0 Å². The number of H-pyrrole nitrogens is 1. The van der Waals surface area contributed by atoms with Gasteiger partial charge in [0.2, 0.25) is 0 Å². The monoisotopic (exact) mass is 432 g/mol. The largest absolute Gasteiger partial charge is 0.378 e. The average Bonchev–Trinajstić information content (AvgIpc) is 3.26. The highest BCUT2D eigenvalue weighted by Crippen LogP contribution is 2.28. The van der Waals surface area contributed by atoms with E-state index in [-0.39, 0.29) is 0 Å². The number of nitriles is 1. The molecule has 4 nitrogen and oxygen atoms in total. The van der Waals surface area contributed by atoms with E-state index in [0.717, 1.165) is 44.7 Å². The summed E-state index contributed by atoms with van der Waals surface area (Å²) in [5, 5.41) is 11.0. The van der Waals surface area contributed by atoms with Crippen LogP contribution in [0.25, 0.3) is 22.0 Å². The molecular weight excluding hydrogens is 404 g/mol. The SMILES string of the molecule is CN(C)c1ccc(C(=CC=C(C#N)c2cc3ccccc3[nH]2)c2ccc(N(C)C)cc2)cc1. The van der Waals surface area contributed by atoms with Crippen LogP contribution in [0.4, 0.5) is 11.4 Å². The van der Waals surface area contributed by atoms with E-state index in [1.807, 2.05) is 70.7 Å².